The molecule has 2 aromatic rings. The van der Waals surface area contributed by atoms with Gasteiger partial charge >= 0.3 is 0 Å². The molecule has 172 valence electrons. The number of carbonyl (C=O) groups is 1. The average Bonchev–Trinajstić information content (AvgIpc) is 2.84. The van der Waals surface area contributed by atoms with Gasteiger partial charge in [0.2, 0.25) is 10.0 Å². The van der Waals surface area contributed by atoms with Gasteiger partial charge in [0.05, 0.1) is 10.5 Å². The smallest absolute Gasteiger partial charge is 0.255 e. The summed E-state index contributed by atoms with van der Waals surface area (Å²) in [6.07, 6.45) is 4.98. The third kappa shape index (κ3) is 4.79. The normalized spacial score (nSPS) is 18.1. The summed E-state index contributed by atoms with van der Waals surface area (Å²) in [6, 6.07) is 11.1. The van der Waals surface area contributed by atoms with Gasteiger partial charge in [-0.3, -0.25) is 4.79 Å². The van der Waals surface area contributed by atoms with Gasteiger partial charge in [-0.25, -0.2) is 12.8 Å². The summed E-state index contributed by atoms with van der Waals surface area (Å²) in [5.41, 5.74) is 1.34. The molecular weight excluding hydrogens is 449 g/mol. The van der Waals surface area contributed by atoms with Crippen LogP contribution in [-0.2, 0) is 10.0 Å². The molecule has 0 unspecified atom stereocenters. The van der Waals surface area contributed by atoms with Crippen molar-refractivity contribution in [2.75, 3.05) is 50.4 Å². The van der Waals surface area contributed by atoms with Crippen molar-refractivity contribution >= 4 is 33.4 Å². The van der Waals surface area contributed by atoms with Crippen LogP contribution in [0.3, 0.4) is 0 Å². The van der Waals surface area contributed by atoms with E-state index < -0.39 is 10.0 Å². The molecule has 0 N–H and O–H groups in total. The fourth-order valence-corrected chi connectivity index (χ4v) is 6.29. The summed E-state index contributed by atoms with van der Waals surface area (Å²) >= 11 is 1.45. The number of hydrogen-bond acceptors (Lipinski definition) is 5. The fraction of sp³-hybridized carbons (Fsp3) is 0.435. The van der Waals surface area contributed by atoms with E-state index in [1.54, 1.807) is 30.3 Å². The zero-order valence-electron chi connectivity index (χ0n) is 18.2. The largest absolute Gasteiger partial charge is 0.369 e. The van der Waals surface area contributed by atoms with Gasteiger partial charge in [0, 0.05) is 49.9 Å². The van der Waals surface area contributed by atoms with Crippen molar-refractivity contribution in [1.82, 2.24) is 9.21 Å². The molecule has 1 amide bonds. The van der Waals surface area contributed by atoms with E-state index >= 15 is 0 Å². The quantitative estimate of drug-likeness (QED) is 0.615. The van der Waals surface area contributed by atoms with Gasteiger partial charge in [-0.15, -0.1) is 11.8 Å². The number of likely N-dealkylation sites (tertiary alicyclic amines) is 1. The lowest BCUT2D eigenvalue weighted by Crippen LogP contribution is -2.48. The second-order valence-corrected chi connectivity index (χ2v) is 10.9. The maximum absolute atomic E-state index is 13.4. The number of sulfonamides is 1. The highest BCUT2D eigenvalue weighted by molar-refractivity contribution is 7.98. The molecule has 4 rings (SSSR count). The zero-order valence-corrected chi connectivity index (χ0v) is 19.8. The Morgan fingerprint density at radius 2 is 1.56 bits per heavy atom. The zero-order chi connectivity index (χ0) is 22.7. The average molecular weight is 478 g/mol. The van der Waals surface area contributed by atoms with Gasteiger partial charge in [0.15, 0.2) is 0 Å². The molecule has 0 radical (unpaired) electrons. The summed E-state index contributed by atoms with van der Waals surface area (Å²) in [5, 5.41) is 0. The Morgan fingerprint density at radius 1 is 0.906 bits per heavy atom. The first-order valence-electron chi connectivity index (χ1n) is 10.9. The van der Waals surface area contributed by atoms with E-state index in [1.165, 1.54) is 28.2 Å². The van der Waals surface area contributed by atoms with Crippen LogP contribution >= 0.6 is 11.8 Å². The Morgan fingerprint density at radius 3 is 2.19 bits per heavy atom. The number of nitrogens with zero attached hydrogens (tertiary/aromatic N) is 3. The molecular formula is C23H28FN3O3S2. The van der Waals surface area contributed by atoms with E-state index in [0.717, 1.165) is 42.9 Å². The molecule has 2 saturated heterocycles. The minimum Gasteiger partial charge on any atom is -0.369 e. The van der Waals surface area contributed by atoms with Crippen LogP contribution in [0.2, 0.25) is 0 Å². The number of anilines is 1. The molecule has 32 heavy (non-hydrogen) atoms. The number of rotatable bonds is 5. The topological polar surface area (TPSA) is 60.9 Å². The van der Waals surface area contributed by atoms with Crippen LogP contribution in [0, 0.1) is 5.82 Å². The standard InChI is InChI=1S/C23H28FN3O3S2/c1-31-22-10-9-20(17-21(22)23(28)26-11-3-2-4-12-26)32(29,30)27-15-13-25(14-16-27)19-7-5-18(24)6-8-19/h5-10,17H,2-4,11-16H2,1H3. The van der Waals surface area contributed by atoms with Crippen LogP contribution in [0.4, 0.5) is 10.1 Å². The molecule has 2 aromatic carbocycles. The van der Waals surface area contributed by atoms with Gasteiger partial charge < -0.3 is 9.80 Å². The summed E-state index contributed by atoms with van der Waals surface area (Å²) in [6.45, 7) is 3.14. The lowest BCUT2D eigenvalue weighted by molar-refractivity contribution is 0.0720. The van der Waals surface area contributed by atoms with E-state index in [0.29, 0.717) is 31.7 Å². The predicted molar refractivity (Wildman–Crippen MR) is 125 cm³/mol. The molecule has 0 bridgehead atoms. The SMILES string of the molecule is CSc1ccc(S(=O)(=O)N2CCN(c3ccc(F)cc3)CC2)cc1C(=O)N1CCCCC1. The minimum absolute atomic E-state index is 0.0905. The second kappa shape index (κ2) is 9.80. The van der Waals surface area contributed by atoms with Crippen LogP contribution in [-0.4, -0.2) is 69.1 Å². The summed E-state index contributed by atoms with van der Waals surface area (Å²) in [5.74, 6) is -0.384. The number of hydrogen-bond donors (Lipinski definition) is 0. The number of halogens is 1. The van der Waals surface area contributed by atoms with E-state index in [1.807, 2.05) is 16.1 Å². The van der Waals surface area contributed by atoms with Crippen molar-refractivity contribution in [3.63, 3.8) is 0 Å². The lowest BCUT2D eigenvalue weighted by Gasteiger charge is -2.35. The Labute approximate surface area is 193 Å². The van der Waals surface area contributed by atoms with Crippen LogP contribution in [0.1, 0.15) is 29.6 Å². The van der Waals surface area contributed by atoms with E-state index in [4.69, 9.17) is 0 Å². The first kappa shape index (κ1) is 23.1. The molecule has 2 heterocycles. The first-order chi connectivity index (χ1) is 15.4. The maximum atomic E-state index is 13.4. The van der Waals surface area contributed by atoms with Gasteiger partial charge in [-0.05, 0) is 68.0 Å². The third-order valence-electron chi connectivity index (χ3n) is 6.11. The van der Waals surface area contributed by atoms with Crippen molar-refractivity contribution in [1.29, 1.82) is 0 Å². The van der Waals surface area contributed by atoms with E-state index in [9.17, 15) is 17.6 Å². The second-order valence-electron chi connectivity index (χ2n) is 8.08. The molecule has 0 aliphatic carbocycles. The minimum atomic E-state index is -3.72. The molecule has 9 heteroatoms. The molecule has 0 aromatic heterocycles. The van der Waals surface area contributed by atoms with Crippen molar-refractivity contribution in [3.8, 4) is 0 Å². The Bertz CT molecular complexity index is 1060. The third-order valence-corrected chi connectivity index (χ3v) is 8.80. The highest BCUT2D eigenvalue weighted by atomic mass is 32.2. The van der Waals surface area contributed by atoms with Gasteiger partial charge in [0.25, 0.3) is 5.91 Å². The maximum Gasteiger partial charge on any atom is 0.255 e. The number of piperidine rings is 1. The number of piperazine rings is 1. The molecule has 2 aliphatic rings. The van der Waals surface area contributed by atoms with Crippen molar-refractivity contribution < 1.29 is 17.6 Å². The Kier molecular flexibility index (Phi) is 7.07. The van der Waals surface area contributed by atoms with Gasteiger partial charge in [0.1, 0.15) is 5.82 Å². The summed E-state index contributed by atoms with van der Waals surface area (Å²) < 4.78 is 41.4. The molecule has 2 fully saturated rings. The number of carbonyl (C=O) groups excluding carboxylic acids is 1. The molecule has 2 aliphatic heterocycles. The van der Waals surface area contributed by atoms with Gasteiger partial charge in [-0.1, -0.05) is 0 Å². The van der Waals surface area contributed by atoms with Crippen molar-refractivity contribution in [2.45, 2.75) is 29.1 Å². The highest BCUT2D eigenvalue weighted by Gasteiger charge is 2.30. The number of benzene rings is 2. The Balaban J connectivity index is 1.52. The molecule has 0 atom stereocenters. The lowest BCUT2D eigenvalue weighted by atomic mass is 10.1. The number of thioether (sulfide) groups is 1. The highest BCUT2D eigenvalue weighted by Crippen LogP contribution is 2.28. The predicted octanol–water partition coefficient (Wildman–Crippen LogP) is 3.68. The number of amides is 1. The first-order valence-corrected chi connectivity index (χ1v) is 13.5. The Hall–Kier alpha value is -2.10. The fourth-order valence-electron chi connectivity index (χ4n) is 4.27. The van der Waals surface area contributed by atoms with E-state index in [-0.39, 0.29) is 16.6 Å². The van der Waals surface area contributed by atoms with Crippen LogP contribution < -0.4 is 4.90 Å². The van der Waals surface area contributed by atoms with Crippen LogP contribution in [0.5, 0.6) is 0 Å². The monoisotopic (exact) mass is 477 g/mol. The summed E-state index contributed by atoms with van der Waals surface area (Å²) in [7, 11) is -3.72. The molecule has 0 saturated carbocycles. The summed E-state index contributed by atoms with van der Waals surface area (Å²) in [4.78, 5) is 18.0. The van der Waals surface area contributed by atoms with Crippen molar-refractivity contribution in [2.24, 2.45) is 0 Å². The van der Waals surface area contributed by atoms with Gasteiger partial charge in [-0.2, -0.15) is 4.31 Å². The van der Waals surface area contributed by atoms with E-state index in [2.05, 4.69) is 0 Å². The van der Waals surface area contributed by atoms with Crippen LogP contribution in [0.25, 0.3) is 0 Å². The van der Waals surface area contributed by atoms with Crippen molar-refractivity contribution in [3.05, 3.63) is 53.8 Å². The molecule has 0 spiro atoms. The molecule has 6 nitrogen and oxygen atoms in total. The van der Waals surface area contributed by atoms with Crippen LogP contribution in [0.15, 0.2) is 52.3 Å².